The maximum atomic E-state index is 13.0. The van der Waals surface area contributed by atoms with Crippen LogP contribution in [0.1, 0.15) is 53.3 Å². The molecule has 0 bridgehead atoms. The summed E-state index contributed by atoms with van der Waals surface area (Å²) in [6.07, 6.45) is 9.33. The van der Waals surface area contributed by atoms with Crippen LogP contribution in [-0.2, 0) is 17.9 Å². The number of carbonyl (C=O) groups excluding carboxylic acids is 1. The summed E-state index contributed by atoms with van der Waals surface area (Å²) in [5.41, 5.74) is 1.54. The summed E-state index contributed by atoms with van der Waals surface area (Å²) in [4.78, 5) is 30.9. The lowest BCUT2D eigenvalue weighted by Gasteiger charge is -2.32. The van der Waals surface area contributed by atoms with Crippen molar-refractivity contribution in [3.8, 4) is 0 Å². The minimum atomic E-state index is -0.426. The van der Waals surface area contributed by atoms with Crippen molar-refractivity contribution in [1.29, 1.82) is 0 Å². The van der Waals surface area contributed by atoms with Crippen LogP contribution < -0.4 is 0 Å². The molecule has 1 aliphatic rings. The summed E-state index contributed by atoms with van der Waals surface area (Å²) in [5.74, 6) is 1.22. The summed E-state index contributed by atoms with van der Waals surface area (Å²) < 4.78 is 8.01. The number of aromatic nitrogens is 2. The molecule has 2 heterocycles. The molecule has 0 radical (unpaired) electrons. The number of rotatable bonds is 11. The third-order valence-electron chi connectivity index (χ3n) is 6.57. The molecular weight excluding hydrogens is 476 g/mol. The number of hydrogen-bond donors (Lipinski definition) is 0. The first-order valence-electron chi connectivity index (χ1n) is 12.3. The second kappa shape index (κ2) is 12.7. The van der Waals surface area contributed by atoms with Crippen LogP contribution in [0.5, 0.6) is 0 Å². The molecule has 0 atom stereocenters. The average molecular weight is 509 g/mol. The van der Waals surface area contributed by atoms with Gasteiger partial charge < -0.3 is 14.2 Å². The minimum absolute atomic E-state index is 0.0178. The van der Waals surface area contributed by atoms with Crippen LogP contribution in [0, 0.1) is 10.1 Å². The predicted molar refractivity (Wildman–Crippen MR) is 140 cm³/mol. The number of nitrogens with zero attached hydrogens (tertiary/aromatic N) is 4. The monoisotopic (exact) mass is 508 g/mol. The van der Waals surface area contributed by atoms with Crippen LogP contribution in [0.4, 0.5) is 5.69 Å². The third kappa shape index (κ3) is 6.53. The Morgan fingerprint density at radius 3 is 2.67 bits per heavy atom. The van der Waals surface area contributed by atoms with E-state index >= 15 is 0 Å². The Morgan fingerprint density at radius 2 is 1.94 bits per heavy atom. The van der Waals surface area contributed by atoms with Crippen molar-refractivity contribution in [3.05, 3.63) is 88.0 Å². The smallest absolute Gasteiger partial charge is 0.283 e. The Hall–Kier alpha value is -3.17. The van der Waals surface area contributed by atoms with E-state index in [4.69, 9.17) is 4.74 Å². The minimum Gasteiger partial charge on any atom is -0.377 e. The number of unbranched alkanes of at least 4 members (excludes halogenated alkanes) is 1. The molecule has 1 aromatic heterocycles. The van der Waals surface area contributed by atoms with Gasteiger partial charge in [0.15, 0.2) is 0 Å². The van der Waals surface area contributed by atoms with Crippen molar-refractivity contribution in [2.75, 3.05) is 26.0 Å². The first-order chi connectivity index (χ1) is 17.6. The number of carbonyl (C=O) groups is 1. The third-order valence-corrected chi connectivity index (χ3v) is 7.35. The number of piperidine rings is 1. The number of benzene rings is 2. The Labute approximate surface area is 215 Å². The van der Waals surface area contributed by atoms with E-state index in [9.17, 15) is 14.9 Å². The summed E-state index contributed by atoms with van der Waals surface area (Å²) in [7, 11) is 0. The van der Waals surface area contributed by atoms with Crippen molar-refractivity contribution < 1.29 is 14.5 Å². The molecule has 1 fully saturated rings. The highest BCUT2D eigenvalue weighted by atomic mass is 32.2. The van der Waals surface area contributed by atoms with E-state index in [1.54, 1.807) is 23.3 Å². The molecule has 2 aromatic carbocycles. The highest BCUT2D eigenvalue weighted by molar-refractivity contribution is 7.98. The van der Waals surface area contributed by atoms with Crippen molar-refractivity contribution in [1.82, 2.24) is 14.5 Å². The van der Waals surface area contributed by atoms with E-state index in [1.807, 2.05) is 30.6 Å². The lowest BCUT2D eigenvalue weighted by molar-refractivity contribution is -0.387. The molecule has 36 heavy (non-hydrogen) atoms. The lowest BCUT2D eigenvalue weighted by Crippen LogP contribution is -2.38. The fourth-order valence-corrected chi connectivity index (χ4v) is 5.16. The van der Waals surface area contributed by atoms with Gasteiger partial charge in [0.25, 0.3) is 11.6 Å². The van der Waals surface area contributed by atoms with E-state index in [0.717, 1.165) is 44.7 Å². The molecule has 4 rings (SSSR count). The Kier molecular flexibility index (Phi) is 9.13. The van der Waals surface area contributed by atoms with Gasteiger partial charge in [-0.3, -0.25) is 14.9 Å². The van der Waals surface area contributed by atoms with Crippen LogP contribution in [0.15, 0.2) is 65.8 Å². The Balaban J connectivity index is 1.24. The number of amides is 1. The van der Waals surface area contributed by atoms with E-state index in [1.165, 1.54) is 23.4 Å². The lowest BCUT2D eigenvalue weighted by atomic mass is 9.95. The average Bonchev–Trinajstić information content (AvgIpc) is 3.39. The molecule has 1 saturated heterocycles. The van der Waals surface area contributed by atoms with Crippen LogP contribution in [0.2, 0.25) is 0 Å². The van der Waals surface area contributed by atoms with E-state index in [-0.39, 0.29) is 11.6 Å². The molecule has 0 N–H and O–H groups in total. The van der Waals surface area contributed by atoms with E-state index in [0.29, 0.717) is 36.1 Å². The van der Waals surface area contributed by atoms with Gasteiger partial charge in [-0.2, -0.15) is 0 Å². The molecule has 190 valence electrons. The first kappa shape index (κ1) is 25.9. The summed E-state index contributed by atoms with van der Waals surface area (Å²) in [6, 6.07) is 14.9. The fourth-order valence-electron chi connectivity index (χ4n) is 4.61. The fraction of sp³-hybridized carbons (Fsp3) is 0.407. The van der Waals surface area contributed by atoms with Gasteiger partial charge in [-0.25, -0.2) is 4.98 Å². The maximum absolute atomic E-state index is 13.0. The van der Waals surface area contributed by atoms with Gasteiger partial charge in [-0.05, 0) is 49.6 Å². The standard InChI is InChI=1S/C27H32N4O4S/c1-36-25-10-9-23(19-24(25)31(33)34)27(32)30-15-11-22(12-16-30)26-28-13-17-29(26)14-5-6-18-35-20-21-7-3-2-4-8-21/h2-4,7-10,13,17,19,22H,5-6,11-12,14-16,18,20H2,1H3. The highest BCUT2D eigenvalue weighted by Gasteiger charge is 2.28. The van der Waals surface area contributed by atoms with Gasteiger partial charge in [0.1, 0.15) is 5.82 Å². The first-order valence-corrected chi connectivity index (χ1v) is 13.5. The number of nitro groups is 1. The highest BCUT2D eigenvalue weighted by Crippen LogP contribution is 2.31. The van der Waals surface area contributed by atoms with Crippen LogP contribution in [0.3, 0.4) is 0 Å². The van der Waals surface area contributed by atoms with Crippen molar-refractivity contribution >= 4 is 23.4 Å². The van der Waals surface area contributed by atoms with Gasteiger partial charge in [-0.1, -0.05) is 30.3 Å². The van der Waals surface area contributed by atoms with Crippen LogP contribution in [0.25, 0.3) is 0 Å². The van der Waals surface area contributed by atoms with Crippen LogP contribution in [-0.4, -0.2) is 51.2 Å². The zero-order chi connectivity index (χ0) is 25.3. The topological polar surface area (TPSA) is 90.5 Å². The summed E-state index contributed by atoms with van der Waals surface area (Å²) in [5, 5.41) is 11.4. The van der Waals surface area contributed by atoms with Gasteiger partial charge in [0, 0.05) is 56.2 Å². The quantitative estimate of drug-likeness (QED) is 0.146. The van der Waals surface area contributed by atoms with Crippen molar-refractivity contribution in [2.24, 2.45) is 0 Å². The van der Waals surface area contributed by atoms with Gasteiger partial charge in [0.05, 0.1) is 16.4 Å². The van der Waals surface area contributed by atoms with Crippen molar-refractivity contribution in [2.45, 2.75) is 49.6 Å². The van der Waals surface area contributed by atoms with Gasteiger partial charge in [-0.15, -0.1) is 11.8 Å². The molecule has 0 aliphatic carbocycles. The Bertz CT molecular complexity index is 1160. The number of imidazole rings is 1. The molecule has 0 unspecified atom stereocenters. The molecular formula is C27H32N4O4S. The van der Waals surface area contributed by atoms with Gasteiger partial charge in [0.2, 0.25) is 0 Å². The van der Waals surface area contributed by atoms with E-state index < -0.39 is 4.92 Å². The molecule has 0 saturated carbocycles. The molecule has 3 aromatic rings. The number of hydrogen-bond acceptors (Lipinski definition) is 6. The number of likely N-dealkylation sites (tertiary alicyclic amines) is 1. The predicted octanol–water partition coefficient (Wildman–Crippen LogP) is 5.53. The molecule has 9 heteroatoms. The second-order valence-corrected chi connectivity index (χ2v) is 9.78. The number of ether oxygens (including phenoxy) is 1. The van der Waals surface area contributed by atoms with Gasteiger partial charge >= 0.3 is 0 Å². The zero-order valence-electron chi connectivity index (χ0n) is 20.5. The van der Waals surface area contributed by atoms with E-state index in [2.05, 4.69) is 21.7 Å². The zero-order valence-corrected chi connectivity index (χ0v) is 21.4. The normalized spacial score (nSPS) is 14.2. The second-order valence-electron chi connectivity index (χ2n) is 8.93. The molecule has 8 nitrogen and oxygen atoms in total. The number of aryl methyl sites for hydroxylation is 1. The summed E-state index contributed by atoms with van der Waals surface area (Å²) in [6.45, 7) is 3.50. The molecule has 1 aliphatic heterocycles. The number of nitro benzene ring substituents is 1. The SMILES string of the molecule is CSc1ccc(C(=O)N2CCC(c3nccn3CCCCOCc3ccccc3)CC2)cc1[N+](=O)[O-]. The summed E-state index contributed by atoms with van der Waals surface area (Å²) >= 11 is 1.31. The largest absolute Gasteiger partial charge is 0.377 e. The molecule has 1 amide bonds. The van der Waals surface area contributed by atoms with Crippen LogP contribution >= 0.6 is 11.8 Å². The number of thioether (sulfide) groups is 1. The Morgan fingerprint density at radius 1 is 1.17 bits per heavy atom. The van der Waals surface area contributed by atoms with Crippen molar-refractivity contribution in [3.63, 3.8) is 0 Å². The maximum Gasteiger partial charge on any atom is 0.283 e. The molecule has 0 spiro atoms.